The van der Waals surface area contributed by atoms with E-state index in [-0.39, 0.29) is 5.25 Å². The Hall–Kier alpha value is -0.220. The first-order chi connectivity index (χ1) is 7.75. The lowest BCUT2D eigenvalue weighted by atomic mass is 10.3. The van der Waals surface area contributed by atoms with Crippen LogP contribution in [0.3, 0.4) is 0 Å². The van der Waals surface area contributed by atoms with E-state index >= 15 is 0 Å². The van der Waals surface area contributed by atoms with Crippen molar-refractivity contribution in [1.82, 2.24) is 10.2 Å². The molecule has 1 atom stereocenters. The molecule has 1 N–H and O–H groups in total. The van der Waals surface area contributed by atoms with Crippen molar-refractivity contribution in [2.75, 3.05) is 31.9 Å². The third-order valence-electron chi connectivity index (χ3n) is 2.89. The molecule has 1 unspecified atom stereocenters. The first-order valence-corrected chi connectivity index (χ1v) is 7.41. The minimum atomic E-state index is 0.134. The number of nitrogens with zero attached hydrogens (tertiary/aromatic N) is 1. The minimum Gasteiger partial charge on any atom is -0.339 e. The molecule has 0 aliphatic carbocycles. The van der Waals surface area contributed by atoms with Crippen LogP contribution in [-0.2, 0) is 4.79 Å². The lowest BCUT2D eigenvalue weighted by molar-refractivity contribution is -0.130. The van der Waals surface area contributed by atoms with E-state index in [0.29, 0.717) is 5.91 Å². The van der Waals surface area contributed by atoms with Crippen molar-refractivity contribution in [3.8, 4) is 0 Å². The smallest absolute Gasteiger partial charge is 0.235 e. The van der Waals surface area contributed by atoms with Gasteiger partial charge in [-0.15, -0.1) is 11.8 Å². The van der Waals surface area contributed by atoms with E-state index in [1.54, 1.807) is 11.8 Å². The molecule has 1 heterocycles. The molecule has 0 spiro atoms. The Morgan fingerprint density at radius 3 is 2.69 bits per heavy atom. The minimum absolute atomic E-state index is 0.134. The summed E-state index contributed by atoms with van der Waals surface area (Å²) < 4.78 is 0. The van der Waals surface area contributed by atoms with Gasteiger partial charge in [0.25, 0.3) is 0 Å². The van der Waals surface area contributed by atoms with Crippen LogP contribution in [0.4, 0.5) is 0 Å². The molecule has 4 heteroatoms. The molecule has 1 aliphatic heterocycles. The van der Waals surface area contributed by atoms with E-state index in [1.807, 2.05) is 11.8 Å². The molecule has 1 aliphatic rings. The maximum Gasteiger partial charge on any atom is 0.235 e. The highest BCUT2D eigenvalue weighted by Gasteiger charge is 2.21. The molecule has 0 aromatic heterocycles. The summed E-state index contributed by atoms with van der Waals surface area (Å²) in [6.07, 6.45) is 3.77. The van der Waals surface area contributed by atoms with Crippen LogP contribution in [0.25, 0.3) is 0 Å². The van der Waals surface area contributed by atoms with Crippen molar-refractivity contribution in [2.24, 2.45) is 0 Å². The van der Waals surface area contributed by atoms with Gasteiger partial charge in [0.05, 0.1) is 5.25 Å². The lowest BCUT2D eigenvalue weighted by Gasteiger charge is -2.29. The van der Waals surface area contributed by atoms with Gasteiger partial charge in [0, 0.05) is 26.2 Å². The topological polar surface area (TPSA) is 32.3 Å². The fourth-order valence-corrected chi connectivity index (χ4v) is 2.84. The van der Waals surface area contributed by atoms with Crippen LogP contribution < -0.4 is 5.32 Å². The predicted molar refractivity (Wildman–Crippen MR) is 70.9 cm³/mol. The number of piperazine rings is 1. The Morgan fingerprint density at radius 1 is 1.38 bits per heavy atom. The molecule has 3 nitrogen and oxygen atoms in total. The number of amides is 1. The second-order valence-corrected chi connectivity index (χ2v) is 5.74. The van der Waals surface area contributed by atoms with Crippen LogP contribution in [0, 0.1) is 0 Å². The first-order valence-electron chi connectivity index (χ1n) is 6.36. The lowest BCUT2D eigenvalue weighted by Crippen LogP contribution is -2.48. The Labute approximate surface area is 103 Å². The average molecular weight is 244 g/mol. The van der Waals surface area contributed by atoms with Gasteiger partial charge in [-0.2, -0.15) is 0 Å². The molecular weight excluding hydrogens is 220 g/mol. The number of carbonyl (C=O) groups excluding carboxylic acids is 1. The monoisotopic (exact) mass is 244 g/mol. The summed E-state index contributed by atoms with van der Waals surface area (Å²) in [6.45, 7) is 7.89. The van der Waals surface area contributed by atoms with Gasteiger partial charge in [0.1, 0.15) is 0 Å². The molecular formula is C12H24N2OS. The van der Waals surface area contributed by atoms with E-state index in [1.165, 1.54) is 19.3 Å². The van der Waals surface area contributed by atoms with Crippen LogP contribution in [0.1, 0.15) is 33.1 Å². The fraction of sp³-hybridized carbons (Fsp3) is 0.917. The Kier molecular flexibility index (Phi) is 6.88. The molecule has 0 aromatic carbocycles. The quantitative estimate of drug-likeness (QED) is 0.722. The van der Waals surface area contributed by atoms with Crippen molar-refractivity contribution >= 4 is 17.7 Å². The second kappa shape index (κ2) is 7.96. The number of rotatable bonds is 6. The van der Waals surface area contributed by atoms with Gasteiger partial charge in [0.2, 0.25) is 5.91 Å². The van der Waals surface area contributed by atoms with Crippen LogP contribution in [-0.4, -0.2) is 48.0 Å². The number of nitrogens with one attached hydrogen (secondary N) is 1. The van der Waals surface area contributed by atoms with Gasteiger partial charge < -0.3 is 10.2 Å². The highest BCUT2D eigenvalue weighted by atomic mass is 32.2. The number of thioether (sulfide) groups is 1. The zero-order valence-electron chi connectivity index (χ0n) is 10.5. The molecule has 1 rings (SSSR count). The summed E-state index contributed by atoms with van der Waals surface area (Å²) in [6, 6.07) is 0. The van der Waals surface area contributed by atoms with Crippen molar-refractivity contribution < 1.29 is 4.79 Å². The van der Waals surface area contributed by atoms with E-state index < -0.39 is 0 Å². The van der Waals surface area contributed by atoms with Crippen molar-refractivity contribution in [1.29, 1.82) is 0 Å². The third-order valence-corrected chi connectivity index (χ3v) is 4.12. The fourth-order valence-electron chi connectivity index (χ4n) is 1.83. The molecule has 16 heavy (non-hydrogen) atoms. The molecule has 0 bridgehead atoms. The molecule has 1 fully saturated rings. The highest BCUT2D eigenvalue weighted by molar-refractivity contribution is 8.00. The molecule has 94 valence electrons. The summed E-state index contributed by atoms with van der Waals surface area (Å²) in [7, 11) is 0. The van der Waals surface area contributed by atoms with E-state index in [0.717, 1.165) is 31.9 Å². The number of unbranched alkanes of at least 4 members (excludes halogenated alkanes) is 2. The van der Waals surface area contributed by atoms with Gasteiger partial charge in [0.15, 0.2) is 0 Å². The normalized spacial score (nSPS) is 18.5. The molecule has 1 amide bonds. The van der Waals surface area contributed by atoms with E-state index in [9.17, 15) is 4.79 Å². The van der Waals surface area contributed by atoms with Crippen LogP contribution in [0.15, 0.2) is 0 Å². The number of hydrogen-bond acceptors (Lipinski definition) is 3. The Bertz CT molecular complexity index is 205. The van der Waals surface area contributed by atoms with Gasteiger partial charge >= 0.3 is 0 Å². The maximum atomic E-state index is 12.0. The standard InChI is InChI=1S/C12H24N2OS/c1-3-4-5-10-16-11(2)12(15)14-8-6-13-7-9-14/h11,13H,3-10H2,1-2H3. The van der Waals surface area contributed by atoms with Gasteiger partial charge in [-0.1, -0.05) is 19.8 Å². The first kappa shape index (κ1) is 13.8. The number of hydrogen-bond donors (Lipinski definition) is 1. The number of carbonyl (C=O) groups is 1. The molecule has 0 aromatic rings. The molecule has 1 saturated heterocycles. The van der Waals surface area contributed by atoms with Crippen molar-refractivity contribution in [3.05, 3.63) is 0 Å². The predicted octanol–water partition coefficient (Wildman–Crippen LogP) is 1.73. The van der Waals surface area contributed by atoms with Crippen LogP contribution in [0.2, 0.25) is 0 Å². The van der Waals surface area contributed by atoms with E-state index in [4.69, 9.17) is 0 Å². The SMILES string of the molecule is CCCCCSC(C)C(=O)N1CCNCC1. The summed E-state index contributed by atoms with van der Waals surface area (Å²) in [5, 5.41) is 3.40. The van der Waals surface area contributed by atoms with Crippen molar-refractivity contribution in [2.45, 2.75) is 38.4 Å². The summed E-state index contributed by atoms with van der Waals surface area (Å²) in [5.74, 6) is 1.44. The van der Waals surface area contributed by atoms with E-state index in [2.05, 4.69) is 12.2 Å². The zero-order chi connectivity index (χ0) is 11.8. The summed E-state index contributed by atoms with van der Waals surface area (Å²) >= 11 is 1.81. The summed E-state index contributed by atoms with van der Waals surface area (Å²) in [4.78, 5) is 14.0. The molecule has 0 radical (unpaired) electrons. The van der Waals surface area contributed by atoms with Crippen LogP contribution in [0.5, 0.6) is 0 Å². The second-order valence-electron chi connectivity index (χ2n) is 4.30. The van der Waals surface area contributed by atoms with Crippen molar-refractivity contribution in [3.63, 3.8) is 0 Å². The zero-order valence-corrected chi connectivity index (χ0v) is 11.3. The summed E-state index contributed by atoms with van der Waals surface area (Å²) in [5.41, 5.74) is 0. The largest absolute Gasteiger partial charge is 0.339 e. The Balaban J connectivity index is 2.18. The van der Waals surface area contributed by atoms with Gasteiger partial charge in [-0.25, -0.2) is 0 Å². The molecule has 0 saturated carbocycles. The highest BCUT2D eigenvalue weighted by Crippen LogP contribution is 2.16. The average Bonchev–Trinajstić information content (AvgIpc) is 2.34. The van der Waals surface area contributed by atoms with Crippen LogP contribution >= 0.6 is 11.8 Å². The van der Waals surface area contributed by atoms with Gasteiger partial charge in [-0.05, 0) is 19.1 Å². The van der Waals surface area contributed by atoms with Gasteiger partial charge in [-0.3, -0.25) is 4.79 Å². The Morgan fingerprint density at radius 2 is 2.06 bits per heavy atom. The third kappa shape index (κ3) is 4.74. The maximum absolute atomic E-state index is 12.0.